The number of amides is 1. The van der Waals surface area contributed by atoms with Crippen molar-refractivity contribution in [2.24, 2.45) is 11.6 Å². The number of halogens is 3. The van der Waals surface area contributed by atoms with Crippen molar-refractivity contribution in [3.63, 3.8) is 0 Å². The highest BCUT2D eigenvalue weighted by Gasteiger charge is 2.30. The van der Waals surface area contributed by atoms with Crippen LogP contribution in [0.3, 0.4) is 0 Å². The van der Waals surface area contributed by atoms with Crippen molar-refractivity contribution >= 4 is 22.5 Å². The molecule has 10 heteroatoms. The van der Waals surface area contributed by atoms with Gasteiger partial charge in [0.15, 0.2) is 0 Å². The van der Waals surface area contributed by atoms with Crippen LogP contribution in [0.15, 0.2) is 60.6 Å². The monoisotopic (exact) mass is 433 g/mol. The second-order valence-electron chi connectivity index (χ2n) is 6.91. The van der Waals surface area contributed by atoms with E-state index in [9.17, 15) is 18.0 Å². The van der Waals surface area contributed by atoms with Crippen LogP contribution in [0.25, 0.3) is 10.9 Å². The number of fused-ring (bicyclic) bond motifs is 1. The van der Waals surface area contributed by atoms with Gasteiger partial charge in [-0.15, -0.1) is 0 Å². The van der Waals surface area contributed by atoms with E-state index in [0.29, 0.717) is 17.9 Å². The first-order valence-corrected chi connectivity index (χ1v) is 9.30. The van der Waals surface area contributed by atoms with Gasteiger partial charge in [-0.1, -0.05) is 6.07 Å². The summed E-state index contributed by atoms with van der Waals surface area (Å²) in [6, 6.07) is 10.2. The van der Waals surface area contributed by atoms with E-state index in [1.807, 2.05) is 18.2 Å². The lowest BCUT2D eigenvalue weighted by molar-refractivity contribution is -0.137. The minimum Gasteiger partial charge on any atom is -0.493 e. The molecule has 0 spiro atoms. The Hall–Kier alpha value is -3.66. The fraction of sp³-hybridized carbons (Fsp3) is 0.190. The van der Waals surface area contributed by atoms with Crippen molar-refractivity contribution in [2.75, 3.05) is 19.0 Å². The third-order valence-corrected chi connectivity index (χ3v) is 4.44. The lowest BCUT2D eigenvalue weighted by atomic mass is 10.1. The minimum atomic E-state index is -4.38. The summed E-state index contributed by atoms with van der Waals surface area (Å²) in [5.74, 6) is 5.32. The number of aromatic nitrogens is 1. The number of nitrogens with one attached hydrogen (secondary N) is 2. The summed E-state index contributed by atoms with van der Waals surface area (Å²) in [4.78, 5) is 15.3. The van der Waals surface area contributed by atoms with E-state index in [1.54, 1.807) is 13.2 Å². The summed E-state index contributed by atoms with van der Waals surface area (Å²) >= 11 is 0. The molecule has 0 bridgehead atoms. The van der Waals surface area contributed by atoms with Gasteiger partial charge in [-0.05, 0) is 42.0 Å². The molecule has 3 rings (SSSR count). The molecule has 2 aromatic carbocycles. The Bertz CT molecular complexity index is 1090. The Balaban J connectivity index is 1.64. The third-order valence-electron chi connectivity index (χ3n) is 4.44. The maximum atomic E-state index is 12.6. The van der Waals surface area contributed by atoms with Crippen molar-refractivity contribution in [3.05, 3.63) is 71.7 Å². The van der Waals surface area contributed by atoms with Gasteiger partial charge in [0.1, 0.15) is 11.4 Å². The number of hydrazine groups is 1. The van der Waals surface area contributed by atoms with Gasteiger partial charge in [0.05, 0.1) is 17.9 Å². The number of nitrogens with two attached hydrogens (primary N) is 2. The molecule has 1 amide bonds. The molecule has 1 aromatic heterocycles. The van der Waals surface area contributed by atoms with Crippen molar-refractivity contribution < 1.29 is 22.7 Å². The highest BCUT2D eigenvalue weighted by Crippen LogP contribution is 2.30. The molecular formula is C21H22F3N5O2. The summed E-state index contributed by atoms with van der Waals surface area (Å²) < 4.78 is 43.4. The lowest BCUT2D eigenvalue weighted by Gasteiger charge is -2.10. The van der Waals surface area contributed by atoms with Crippen molar-refractivity contribution in [2.45, 2.75) is 12.6 Å². The molecule has 0 saturated carbocycles. The van der Waals surface area contributed by atoms with E-state index < -0.39 is 17.6 Å². The Morgan fingerprint density at radius 2 is 1.94 bits per heavy atom. The SMILES string of the molecule is CN(N)/C=C(\N)C(=O)Nc1c[nH]c2ccc(CCOc3ccc(C(F)(F)F)cc3)cc12. The summed E-state index contributed by atoms with van der Waals surface area (Å²) in [6.07, 6.45) is -0.896. The van der Waals surface area contributed by atoms with Crippen molar-refractivity contribution in [1.82, 2.24) is 9.99 Å². The number of anilines is 1. The first-order chi connectivity index (χ1) is 14.6. The molecule has 0 aliphatic rings. The first kappa shape index (κ1) is 22.0. The maximum absolute atomic E-state index is 12.6. The van der Waals surface area contributed by atoms with Gasteiger partial charge >= 0.3 is 6.18 Å². The molecule has 0 radical (unpaired) electrons. The van der Waals surface area contributed by atoms with Crippen LogP contribution in [-0.2, 0) is 17.4 Å². The minimum absolute atomic E-state index is 0.0413. The Morgan fingerprint density at radius 1 is 1.23 bits per heavy atom. The average Bonchev–Trinajstić information content (AvgIpc) is 3.09. The lowest BCUT2D eigenvalue weighted by Crippen LogP contribution is -2.26. The second-order valence-corrected chi connectivity index (χ2v) is 6.91. The van der Waals surface area contributed by atoms with Crippen LogP contribution in [-0.4, -0.2) is 29.6 Å². The number of hydrogen-bond acceptors (Lipinski definition) is 5. The van der Waals surface area contributed by atoms with E-state index in [1.165, 1.54) is 23.3 Å². The molecule has 0 aliphatic carbocycles. The van der Waals surface area contributed by atoms with Gasteiger partial charge in [0.25, 0.3) is 5.91 Å². The maximum Gasteiger partial charge on any atom is 0.416 e. The largest absolute Gasteiger partial charge is 0.493 e. The number of carbonyl (C=O) groups is 1. The van der Waals surface area contributed by atoms with E-state index in [2.05, 4.69) is 10.3 Å². The van der Waals surface area contributed by atoms with E-state index in [0.717, 1.165) is 28.6 Å². The van der Waals surface area contributed by atoms with Crippen LogP contribution in [0.5, 0.6) is 5.75 Å². The van der Waals surface area contributed by atoms with Crippen molar-refractivity contribution in [3.8, 4) is 5.75 Å². The molecule has 31 heavy (non-hydrogen) atoms. The molecule has 0 atom stereocenters. The molecule has 0 fully saturated rings. The Labute approximate surface area is 176 Å². The average molecular weight is 433 g/mol. The zero-order valence-corrected chi connectivity index (χ0v) is 16.7. The van der Waals surface area contributed by atoms with Crippen LogP contribution < -0.4 is 21.6 Å². The number of rotatable bonds is 7. The first-order valence-electron chi connectivity index (χ1n) is 9.30. The van der Waals surface area contributed by atoms with E-state index in [4.69, 9.17) is 16.3 Å². The van der Waals surface area contributed by atoms with Gasteiger partial charge < -0.3 is 25.8 Å². The quantitative estimate of drug-likeness (QED) is 0.260. The van der Waals surface area contributed by atoms with Gasteiger partial charge in [0.2, 0.25) is 0 Å². The van der Waals surface area contributed by atoms with Gasteiger partial charge in [-0.2, -0.15) is 13.2 Å². The number of ether oxygens (including phenoxy) is 1. The molecular weight excluding hydrogens is 411 g/mol. The number of alkyl halides is 3. The van der Waals surface area contributed by atoms with Crippen LogP contribution in [0.4, 0.5) is 18.9 Å². The van der Waals surface area contributed by atoms with E-state index >= 15 is 0 Å². The molecule has 0 saturated heterocycles. The Morgan fingerprint density at radius 3 is 2.58 bits per heavy atom. The summed E-state index contributed by atoms with van der Waals surface area (Å²) in [7, 11) is 1.55. The summed E-state index contributed by atoms with van der Waals surface area (Å²) in [6.45, 7) is 0.279. The molecule has 7 nitrogen and oxygen atoms in total. The van der Waals surface area contributed by atoms with Crippen LogP contribution >= 0.6 is 0 Å². The van der Waals surface area contributed by atoms with E-state index in [-0.39, 0.29) is 12.3 Å². The molecule has 6 N–H and O–H groups in total. The zero-order valence-electron chi connectivity index (χ0n) is 16.7. The van der Waals surface area contributed by atoms with Gasteiger partial charge in [0, 0.05) is 36.8 Å². The topological polar surface area (TPSA) is 109 Å². The summed E-state index contributed by atoms with van der Waals surface area (Å²) in [5, 5.41) is 4.69. The zero-order chi connectivity index (χ0) is 22.6. The molecule has 164 valence electrons. The third kappa shape index (κ3) is 5.70. The Kier molecular flexibility index (Phi) is 6.40. The van der Waals surface area contributed by atoms with Crippen LogP contribution in [0, 0.1) is 0 Å². The number of aromatic amines is 1. The highest BCUT2D eigenvalue weighted by atomic mass is 19.4. The predicted octanol–water partition coefficient (Wildman–Crippen LogP) is 3.35. The fourth-order valence-electron chi connectivity index (χ4n) is 2.93. The standard InChI is InChI=1S/C21H22F3N5O2/c1-29(26)12-17(25)20(30)28-19-11-27-18-7-2-13(10-16(18)19)8-9-31-15-5-3-14(4-6-15)21(22,23)24/h2-7,10-12,27H,8-9,25-26H2,1H3,(H,28,30)/b17-12-. The predicted molar refractivity (Wildman–Crippen MR) is 112 cm³/mol. The molecule has 3 aromatic rings. The normalized spacial score (nSPS) is 12.1. The number of carbonyl (C=O) groups excluding carboxylic acids is 1. The van der Waals surface area contributed by atoms with Crippen LogP contribution in [0.1, 0.15) is 11.1 Å². The number of H-pyrrole nitrogens is 1. The smallest absolute Gasteiger partial charge is 0.416 e. The van der Waals surface area contributed by atoms with Crippen molar-refractivity contribution in [1.29, 1.82) is 0 Å². The van der Waals surface area contributed by atoms with Gasteiger partial charge in [-0.3, -0.25) is 4.79 Å². The second kappa shape index (κ2) is 9.00. The molecule has 0 aliphatic heterocycles. The number of hydrogen-bond donors (Lipinski definition) is 4. The van der Waals surface area contributed by atoms with Crippen LogP contribution in [0.2, 0.25) is 0 Å². The molecule has 1 heterocycles. The highest BCUT2D eigenvalue weighted by molar-refractivity contribution is 6.08. The fourth-order valence-corrected chi connectivity index (χ4v) is 2.93. The summed E-state index contributed by atoms with van der Waals surface area (Å²) in [5.41, 5.74) is 7.25. The van der Waals surface area contributed by atoms with Gasteiger partial charge in [-0.25, -0.2) is 5.84 Å². The number of nitrogens with zero attached hydrogens (tertiary/aromatic N) is 1. The molecule has 0 unspecified atom stereocenters. The number of benzene rings is 2.